The van der Waals surface area contributed by atoms with Gasteiger partial charge in [-0.3, -0.25) is 19.9 Å². The maximum absolute atomic E-state index is 7.59. The number of hydrogen-bond acceptors (Lipinski definition) is 28. The molecule has 16 rings (SSSR count). The Kier molecular flexibility index (Phi) is 83.3. The average molecular weight is 2170 g/mol. The summed E-state index contributed by atoms with van der Waals surface area (Å²) in [5.74, 6) is 0. The second-order valence-corrected chi connectivity index (χ2v) is 39.1. The summed E-state index contributed by atoms with van der Waals surface area (Å²) in [5.41, 5.74) is 9.35. The van der Waals surface area contributed by atoms with E-state index in [1.54, 1.807) is 6.26 Å². The van der Waals surface area contributed by atoms with Crippen LogP contribution in [0, 0.1) is 32.0 Å². The van der Waals surface area contributed by atoms with Gasteiger partial charge in [0, 0.05) is 236 Å². The largest absolute Gasteiger partial charge is 0.753 e. The molecule has 8 unspecified atom stereocenters. The van der Waals surface area contributed by atoms with E-state index < -0.39 is 0 Å². The SMILES string of the molecule is C.C.CSC#N.N#C[S-].N#C[S-].O.O.[Cl][Mn][Cl].[Cl][Mn][Cl].[Mn].[Mn].[N-]=C=S.[N-]=C=S.c1cc2nc(c1)CN[C@@H]1CCCCC1NCCNC1CCCC[C@H]1NC2.c1cc2nc(c1)CN[C@@H]1CCCCC1NCCNC1CCCC[C@H]1NC2.c1cc2nc(c1)CN[C@H]1CCCCC1NCCNC1CCCC[C@@H]1NC2.c1cc2nc(c1)CN[C@H]1CCCCC1NCCNC1CCCC[C@@H]1NC2. The number of thioether (sulfide) groups is 1. The minimum absolute atomic E-state index is 0. The number of thiocyanates is 3. The number of aromatic nitrogens is 4. The van der Waals surface area contributed by atoms with Gasteiger partial charge < -0.3 is 132 Å². The normalized spacial score (nSPS) is 27.4. The molecule has 8 saturated carbocycles. The summed E-state index contributed by atoms with van der Waals surface area (Å²) in [7, 11) is 19.2. The van der Waals surface area contributed by atoms with Crippen molar-refractivity contribution in [2.24, 2.45) is 0 Å². The Balaban J connectivity index is 0.00000159. The molecular formula is C92H155Cl4Mn4N25O2S5-4. The number of isothiocyanates is 2. The quantitative estimate of drug-likeness (QED) is 0.0256. The predicted octanol–water partition coefficient (Wildman–Crippen LogP) is 12.9. The molecule has 2 radical (unpaired) electrons. The van der Waals surface area contributed by atoms with Crippen LogP contribution in [0.2, 0.25) is 0 Å². The van der Waals surface area contributed by atoms with Gasteiger partial charge in [0.25, 0.3) is 0 Å². The van der Waals surface area contributed by atoms with Gasteiger partial charge in [0.05, 0.1) is 45.6 Å². The van der Waals surface area contributed by atoms with Crippen LogP contribution in [-0.2, 0) is 138 Å². The summed E-state index contributed by atoms with van der Waals surface area (Å²) >= 11 is 16.0. The summed E-state index contributed by atoms with van der Waals surface area (Å²) in [6.45, 7) is 15.5. The van der Waals surface area contributed by atoms with E-state index in [9.17, 15) is 0 Å². The van der Waals surface area contributed by atoms with Crippen LogP contribution in [-0.4, -0.2) is 196 Å². The van der Waals surface area contributed by atoms with Crippen LogP contribution in [0.3, 0.4) is 0 Å². The van der Waals surface area contributed by atoms with Crippen molar-refractivity contribution in [1.29, 1.82) is 15.8 Å². The van der Waals surface area contributed by atoms with Crippen LogP contribution < -0.4 is 85.1 Å². The molecule has 0 aromatic carbocycles. The predicted molar refractivity (Wildman–Crippen MR) is 545 cm³/mol. The first-order chi connectivity index (χ1) is 61.9. The van der Waals surface area contributed by atoms with Crippen molar-refractivity contribution in [3.05, 3.63) is 129 Å². The molecule has 132 heavy (non-hydrogen) atoms. The van der Waals surface area contributed by atoms with Crippen LogP contribution in [0.15, 0.2) is 72.8 Å². The van der Waals surface area contributed by atoms with Crippen molar-refractivity contribution in [3.8, 4) is 16.2 Å². The van der Waals surface area contributed by atoms with Crippen LogP contribution >= 0.6 is 76.6 Å². The maximum Gasteiger partial charge on any atom is 0.0545 e. The number of fused-ring (bicyclic) bond motifs is 16. The van der Waals surface area contributed by atoms with Crippen molar-refractivity contribution >= 4 is 112 Å². The molecule has 40 heteroatoms. The Morgan fingerprint density at radius 2 is 0.386 bits per heavy atom. The van der Waals surface area contributed by atoms with E-state index >= 15 is 0 Å². The minimum Gasteiger partial charge on any atom is -0.753 e. The van der Waals surface area contributed by atoms with E-state index in [-0.39, 0.29) is 86.2 Å². The number of nitrogens with zero attached hydrogens (tertiary/aromatic N) is 9. The first-order valence-corrected chi connectivity index (χ1v) is 55.5. The first kappa shape index (κ1) is 130. The molecule has 8 bridgehead atoms. The molecule has 8 fully saturated rings. The molecule has 12 aliphatic rings. The molecule has 4 aliphatic heterocycles. The monoisotopic (exact) mass is 2160 g/mol. The Labute approximate surface area is 869 Å². The van der Waals surface area contributed by atoms with E-state index in [0.29, 0.717) is 96.7 Å². The van der Waals surface area contributed by atoms with Crippen molar-refractivity contribution in [2.75, 3.05) is 58.6 Å². The Hall–Kier alpha value is -2.02. The van der Waals surface area contributed by atoms with Gasteiger partial charge in [0.15, 0.2) is 0 Å². The Morgan fingerprint density at radius 1 is 0.295 bits per heavy atom. The zero-order valence-corrected chi connectivity index (χ0v) is 87.5. The Bertz CT molecular complexity index is 3110. The van der Waals surface area contributed by atoms with Crippen molar-refractivity contribution in [2.45, 2.75) is 369 Å². The third-order valence-electron chi connectivity index (χ3n) is 25.8. The van der Waals surface area contributed by atoms with Crippen molar-refractivity contribution in [3.63, 3.8) is 0 Å². The third kappa shape index (κ3) is 54.3. The number of thiocarbonyl (C=S) groups is 2. The third-order valence-corrected chi connectivity index (χ3v) is 26.0. The molecule has 0 amide bonds. The number of rotatable bonds is 0. The fraction of sp³-hybridized carbons (Fsp3) is 0.728. The molecular weight excluding hydrogens is 2010 g/mol. The van der Waals surface area contributed by atoms with Gasteiger partial charge in [-0.15, -0.1) is 0 Å². The summed E-state index contributed by atoms with van der Waals surface area (Å²) in [4.78, 5) is 19.6. The number of nitriles is 3. The van der Waals surface area contributed by atoms with Crippen LogP contribution in [0.1, 0.15) is 266 Å². The second kappa shape index (κ2) is 84.6. The van der Waals surface area contributed by atoms with Crippen LogP contribution in [0.4, 0.5) is 0 Å². The van der Waals surface area contributed by atoms with Crippen molar-refractivity contribution < 1.29 is 71.4 Å². The van der Waals surface area contributed by atoms with E-state index in [4.69, 9.17) is 86.9 Å². The number of pyridine rings is 4. The standard InChI is InChI=1S/4C21H35N5.C2H3NS.2CHNS.2CNS.2CH4.4ClH.4Mn.2H2O/c4*1-3-10-20-18(8-1)22-12-13-23-19-9-2-4-11-21(19)25-15-17-7-5-6-16(26-17)14-24-20;1-4-2-3;4*2-1-3;;;;;;;;;;;;/h4*5-7,18-25H,1-4,8-15H2;1H3;2*3H;;;2*1H4;4*1H;;;;;2*1H2/q;;;;;;;2*-1;;;;;;;;;2*+2;;/p-6/t4*18?,19?,20-,21-;;;;;;;;;;;;;;;;;/m1100................./s1. The molecule has 0 spiro atoms. The fourth-order valence-corrected chi connectivity index (χ4v) is 19.8. The van der Waals surface area contributed by atoms with Gasteiger partial charge in [-0.1, -0.05) is 177 Å². The Morgan fingerprint density at radius 3 is 0.477 bits per heavy atom. The molecule has 4 aromatic heterocycles. The summed E-state index contributed by atoms with van der Waals surface area (Å²) in [5, 5.41) is 104. The van der Waals surface area contributed by atoms with Gasteiger partial charge >= 0.3 is 66.7 Å². The average Bonchev–Trinajstić information content (AvgIpc) is 1.80. The zero-order valence-electron chi connectivity index (χ0n) is 75.7. The number of hydrogen-bond donors (Lipinski definition) is 16. The molecule has 750 valence electrons. The molecule has 0 saturated heterocycles. The van der Waals surface area contributed by atoms with Crippen LogP contribution in [0.25, 0.3) is 10.8 Å². The maximum atomic E-state index is 7.59. The molecule has 8 heterocycles. The number of nitrogens with one attached hydrogen (secondary N) is 16. The fourth-order valence-electron chi connectivity index (χ4n) is 19.8. The van der Waals surface area contributed by atoms with Gasteiger partial charge in [0.1, 0.15) is 5.40 Å². The van der Waals surface area contributed by atoms with Gasteiger partial charge in [0.2, 0.25) is 0 Å². The van der Waals surface area contributed by atoms with E-state index in [0.717, 1.165) is 116 Å². The zero-order chi connectivity index (χ0) is 90.1. The first-order valence-electron chi connectivity index (χ1n) is 46.2. The summed E-state index contributed by atoms with van der Waals surface area (Å²) in [6.07, 6.45) is 43.8. The summed E-state index contributed by atoms with van der Waals surface area (Å²) in [6, 6.07) is 35.2. The van der Waals surface area contributed by atoms with Crippen LogP contribution in [0.5, 0.6) is 0 Å². The minimum atomic E-state index is 0. The molecule has 20 N–H and O–H groups in total. The smallest absolute Gasteiger partial charge is 0.0545 e. The number of halogens is 4. The van der Waals surface area contributed by atoms with E-state index in [1.807, 2.05) is 5.40 Å². The van der Waals surface area contributed by atoms with E-state index in [1.165, 1.54) is 272 Å². The van der Waals surface area contributed by atoms with Gasteiger partial charge in [-0.25, -0.2) is 10.5 Å². The molecule has 27 nitrogen and oxygen atoms in total. The summed E-state index contributed by atoms with van der Waals surface area (Å²) < 4.78 is 0. The van der Waals surface area contributed by atoms with Gasteiger partial charge in [-0.2, -0.15) is 15.6 Å². The molecule has 16 atom stereocenters. The topological polar surface area (TPSA) is 423 Å². The second-order valence-electron chi connectivity index (χ2n) is 33.9. The molecule has 8 aliphatic carbocycles. The molecule has 4 aromatic rings. The van der Waals surface area contributed by atoms with E-state index in [2.05, 4.69) is 208 Å². The van der Waals surface area contributed by atoms with Crippen molar-refractivity contribution in [1.82, 2.24) is 105 Å². The van der Waals surface area contributed by atoms with Gasteiger partial charge in [-0.05, 0) is 169 Å².